The minimum absolute atomic E-state index is 0.101. The number of carbonyl (C=O) groups excluding carboxylic acids is 2. The fourth-order valence-corrected chi connectivity index (χ4v) is 9.21. The summed E-state index contributed by atoms with van der Waals surface area (Å²) in [7, 11) is -7.03. The topological polar surface area (TPSA) is 109 Å². The Labute approximate surface area is 186 Å². The van der Waals surface area contributed by atoms with E-state index in [4.69, 9.17) is 0 Å². The molecule has 1 atom stereocenters. The van der Waals surface area contributed by atoms with Crippen LogP contribution in [0.1, 0.15) is 32.7 Å². The number of sulfone groups is 1. The number of rotatable bonds is 3. The average Bonchev–Trinajstić information content (AvgIpc) is 3.31. The van der Waals surface area contributed by atoms with Crippen LogP contribution >= 0.6 is 0 Å². The van der Waals surface area contributed by atoms with Crippen molar-refractivity contribution in [2.45, 2.75) is 11.7 Å². The van der Waals surface area contributed by atoms with Crippen molar-refractivity contribution in [3.63, 3.8) is 0 Å². The number of hydrogen-bond donors (Lipinski definition) is 0. The molecule has 1 unspecified atom stereocenters. The summed E-state index contributed by atoms with van der Waals surface area (Å²) in [6, 6.07) is 12.4. The highest BCUT2D eigenvalue weighted by Gasteiger charge is 2.41. The number of hydrogen-bond acceptors (Lipinski definition) is 6. The molecule has 0 radical (unpaired) electrons. The molecular formula is C22H22N2O6S2. The smallest absolute Gasteiger partial charge is 0.253 e. The number of nitrogens with zero attached hydrogens (tertiary/aromatic N) is 2. The summed E-state index contributed by atoms with van der Waals surface area (Å²) in [5.74, 6) is -0.791. The lowest BCUT2D eigenvalue weighted by atomic mass is 10.0. The van der Waals surface area contributed by atoms with Crippen molar-refractivity contribution >= 4 is 31.6 Å². The number of sulfonamides is 1. The Morgan fingerprint density at radius 3 is 2.22 bits per heavy atom. The van der Waals surface area contributed by atoms with E-state index in [2.05, 4.69) is 0 Å². The van der Waals surface area contributed by atoms with E-state index in [9.17, 15) is 26.4 Å². The van der Waals surface area contributed by atoms with Crippen LogP contribution < -0.4 is 0 Å². The maximum absolute atomic E-state index is 13.0. The summed E-state index contributed by atoms with van der Waals surface area (Å²) in [6.45, 7) is 0.672. The molecule has 3 aliphatic rings. The number of ketones is 1. The van der Waals surface area contributed by atoms with Gasteiger partial charge >= 0.3 is 0 Å². The fourth-order valence-electron chi connectivity index (χ4n) is 4.70. The summed E-state index contributed by atoms with van der Waals surface area (Å²) in [6.07, 6.45) is 0.120. The van der Waals surface area contributed by atoms with Gasteiger partial charge in [0.05, 0.1) is 16.8 Å². The molecule has 1 amide bonds. The maximum Gasteiger partial charge on any atom is 0.253 e. The van der Waals surface area contributed by atoms with Crippen LogP contribution in [0.2, 0.25) is 0 Å². The zero-order chi connectivity index (χ0) is 22.7. The molecule has 0 saturated carbocycles. The third kappa shape index (κ3) is 3.46. The van der Waals surface area contributed by atoms with E-state index in [0.717, 1.165) is 11.1 Å². The Kier molecular flexibility index (Phi) is 4.99. The van der Waals surface area contributed by atoms with Crippen molar-refractivity contribution in [1.29, 1.82) is 0 Å². The van der Waals surface area contributed by atoms with Gasteiger partial charge in [0, 0.05) is 42.9 Å². The first kappa shape index (κ1) is 21.3. The fraction of sp³-hybridized carbons (Fsp3) is 0.364. The molecule has 2 aromatic carbocycles. The number of piperazine rings is 1. The van der Waals surface area contributed by atoms with Crippen molar-refractivity contribution in [2.75, 3.05) is 37.7 Å². The van der Waals surface area contributed by atoms with Crippen molar-refractivity contribution in [3.8, 4) is 11.1 Å². The third-order valence-corrected chi connectivity index (χ3v) is 10.8. The molecule has 0 N–H and O–H groups in total. The molecule has 2 saturated heterocycles. The van der Waals surface area contributed by atoms with E-state index in [1.54, 1.807) is 29.2 Å². The van der Waals surface area contributed by atoms with Crippen molar-refractivity contribution in [3.05, 3.63) is 59.2 Å². The predicted octanol–water partition coefficient (Wildman–Crippen LogP) is 1.17. The summed E-state index contributed by atoms with van der Waals surface area (Å²) >= 11 is 0. The summed E-state index contributed by atoms with van der Waals surface area (Å²) in [5, 5.41) is -0.904. The lowest BCUT2D eigenvalue weighted by Crippen LogP contribution is -2.52. The second-order valence-corrected chi connectivity index (χ2v) is 12.8. The molecule has 32 heavy (non-hydrogen) atoms. The molecule has 8 nitrogen and oxygen atoms in total. The molecule has 0 bridgehead atoms. The van der Waals surface area contributed by atoms with E-state index in [0.29, 0.717) is 16.7 Å². The van der Waals surface area contributed by atoms with Crippen LogP contribution in [-0.4, -0.2) is 80.7 Å². The predicted molar refractivity (Wildman–Crippen MR) is 119 cm³/mol. The van der Waals surface area contributed by atoms with E-state index in [1.165, 1.54) is 4.31 Å². The minimum Gasteiger partial charge on any atom is -0.336 e. The molecule has 2 heterocycles. The highest BCUT2D eigenvalue weighted by atomic mass is 32.2. The monoisotopic (exact) mass is 474 g/mol. The molecule has 0 aromatic heterocycles. The first-order chi connectivity index (χ1) is 15.2. The van der Waals surface area contributed by atoms with Gasteiger partial charge in [0.25, 0.3) is 5.91 Å². The first-order valence-electron chi connectivity index (χ1n) is 10.4. The van der Waals surface area contributed by atoms with Gasteiger partial charge in [-0.2, -0.15) is 4.31 Å². The van der Waals surface area contributed by atoms with E-state index in [1.807, 2.05) is 18.2 Å². The van der Waals surface area contributed by atoms with Gasteiger partial charge in [-0.15, -0.1) is 0 Å². The summed E-state index contributed by atoms with van der Waals surface area (Å²) in [4.78, 5) is 27.3. The Hall–Kier alpha value is -2.56. The van der Waals surface area contributed by atoms with Gasteiger partial charge in [-0.05, 0) is 29.7 Å². The largest absolute Gasteiger partial charge is 0.336 e. The Balaban J connectivity index is 1.29. The van der Waals surface area contributed by atoms with Crippen LogP contribution in [0.5, 0.6) is 0 Å². The van der Waals surface area contributed by atoms with E-state index >= 15 is 0 Å². The van der Waals surface area contributed by atoms with E-state index < -0.39 is 25.1 Å². The molecular weight excluding hydrogens is 452 g/mol. The van der Waals surface area contributed by atoms with Crippen molar-refractivity contribution < 1.29 is 26.4 Å². The molecule has 2 aromatic rings. The maximum atomic E-state index is 13.0. The second kappa shape index (κ2) is 7.50. The zero-order valence-corrected chi connectivity index (χ0v) is 18.9. The van der Waals surface area contributed by atoms with Crippen LogP contribution in [0.25, 0.3) is 11.1 Å². The van der Waals surface area contributed by atoms with Gasteiger partial charge in [-0.3, -0.25) is 9.59 Å². The molecule has 5 rings (SSSR count). The van der Waals surface area contributed by atoms with Gasteiger partial charge in [0.1, 0.15) is 0 Å². The van der Waals surface area contributed by atoms with Gasteiger partial charge in [0.2, 0.25) is 10.0 Å². The Bertz CT molecular complexity index is 1340. The summed E-state index contributed by atoms with van der Waals surface area (Å²) < 4.78 is 50.3. The Morgan fingerprint density at radius 2 is 1.56 bits per heavy atom. The second-order valence-electron chi connectivity index (χ2n) is 8.40. The first-order valence-corrected chi connectivity index (χ1v) is 13.8. The van der Waals surface area contributed by atoms with Gasteiger partial charge in [-0.1, -0.05) is 30.3 Å². The highest BCUT2D eigenvalue weighted by Crippen LogP contribution is 2.37. The molecule has 168 valence electrons. The third-order valence-electron chi connectivity index (χ3n) is 6.47. The normalized spacial score (nSPS) is 22.6. The summed E-state index contributed by atoms with van der Waals surface area (Å²) in [5.41, 5.74) is 3.19. The van der Waals surface area contributed by atoms with Crippen LogP contribution in [0.3, 0.4) is 0 Å². The van der Waals surface area contributed by atoms with Gasteiger partial charge in [0.15, 0.2) is 15.6 Å². The van der Waals surface area contributed by atoms with Crippen LogP contribution in [0, 0.1) is 0 Å². The number of fused-ring (bicyclic) bond motifs is 3. The molecule has 10 heteroatoms. The number of amides is 1. The lowest BCUT2D eigenvalue weighted by Gasteiger charge is -2.35. The quantitative estimate of drug-likeness (QED) is 0.564. The minimum atomic E-state index is -3.72. The Morgan fingerprint density at radius 1 is 0.906 bits per heavy atom. The van der Waals surface area contributed by atoms with Crippen molar-refractivity contribution in [1.82, 2.24) is 9.21 Å². The van der Waals surface area contributed by atoms with E-state index in [-0.39, 0.29) is 55.8 Å². The molecule has 1 aliphatic carbocycles. The molecule has 0 spiro atoms. The molecule has 2 aliphatic heterocycles. The number of benzene rings is 2. The van der Waals surface area contributed by atoms with Crippen LogP contribution in [-0.2, 0) is 19.9 Å². The zero-order valence-electron chi connectivity index (χ0n) is 17.2. The molecule has 2 fully saturated rings. The standard InChI is InChI=1S/C22H22N2O6S2/c25-21-19-4-2-1-3-17(19)18-6-5-15(13-20(18)21)22(26)23-8-10-24(11-9-23)32(29,30)16-7-12-31(27,28)14-16/h1-6,13,16H,7-12,14H2. The SMILES string of the molecule is O=C1c2ccccc2-c2ccc(C(=O)N3CCN(S(=O)(=O)C4CCS(=O)(=O)C4)CC3)cc21. The highest BCUT2D eigenvalue weighted by molar-refractivity contribution is 7.95. The van der Waals surface area contributed by atoms with Crippen LogP contribution in [0.15, 0.2) is 42.5 Å². The van der Waals surface area contributed by atoms with Gasteiger partial charge in [-0.25, -0.2) is 16.8 Å². The van der Waals surface area contributed by atoms with Gasteiger partial charge < -0.3 is 4.90 Å². The number of carbonyl (C=O) groups is 2. The average molecular weight is 475 g/mol. The van der Waals surface area contributed by atoms with Crippen LogP contribution in [0.4, 0.5) is 0 Å². The lowest BCUT2D eigenvalue weighted by molar-refractivity contribution is 0.0697. The van der Waals surface area contributed by atoms with Crippen molar-refractivity contribution in [2.24, 2.45) is 0 Å².